The van der Waals surface area contributed by atoms with Crippen molar-refractivity contribution in [2.75, 3.05) is 0 Å². The maximum atomic E-state index is 13.7. The van der Waals surface area contributed by atoms with E-state index in [2.05, 4.69) is 10.3 Å². The number of aromatic amines is 1. The van der Waals surface area contributed by atoms with Crippen LogP contribution in [0.2, 0.25) is 0 Å². The summed E-state index contributed by atoms with van der Waals surface area (Å²) in [7, 11) is 0. The Morgan fingerprint density at radius 2 is 2.00 bits per heavy atom. The average Bonchev–Trinajstić information content (AvgIpc) is 2.96. The summed E-state index contributed by atoms with van der Waals surface area (Å²) in [6, 6.07) is 10.8. The zero-order chi connectivity index (χ0) is 17.1. The molecule has 124 valence electrons. The highest BCUT2D eigenvalue weighted by Gasteiger charge is 2.14. The Balaban J connectivity index is 1.61. The van der Waals surface area contributed by atoms with Gasteiger partial charge in [0.15, 0.2) is 0 Å². The summed E-state index contributed by atoms with van der Waals surface area (Å²) >= 11 is 0. The molecule has 0 aliphatic heterocycles. The summed E-state index contributed by atoms with van der Waals surface area (Å²) in [6.07, 6.45) is 2.80. The minimum atomic E-state index is -0.653. The maximum absolute atomic E-state index is 13.7. The number of H-pyrrole nitrogens is 1. The van der Waals surface area contributed by atoms with Gasteiger partial charge in [-0.3, -0.25) is 4.79 Å². The fraction of sp³-hybridized carbons (Fsp3) is 0.211. The van der Waals surface area contributed by atoms with Gasteiger partial charge in [-0.05, 0) is 31.0 Å². The molecule has 2 aromatic carbocycles. The normalized spacial score (nSPS) is 12.3. The smallest absolute Gasteiger partial charge is 0.220 e. The lowest BCUT2D eigenvalue weighted by Gasteiger charge is -2.15. The van der Waals surface area contributed by atoms with E-state index in [0.29, 0.717) is 12.8 Å². The van der Waals surface area contributed by atoms with Crippen LogP contribution in [0.1, 0.15) is 30.5 Å². The largest absolute Gasteiger partial charge is 0.361 e. The first-order valence-corrected chi connectivity index (χ1v) is 7.84. The van der Waals surface area contributed by atoms with E-state index in [4.69, 9.17) is 0 Å². The molecule has 0 fully saturated rings. The zero-order valence-corrected chi connectivity index (χ0v) is 13.3. The standard InChI is InChI=1S/C19H18F2N2O/c1-12(15-8-7-14(20)10-17(15)21)23-19(24)9-6-13-11-22-18-5-3-2-4-16(13)18/h2-5,7-8,10-12,22H,6,9H2,1H3,(H,23,24)/t12-/m0/s1. The molecule has 1 aromatic heterocycles. The molecule has 2 N–H and O–H groups in total. The lowest BCUT2D eigenvalue weighted by molar-refractivity contribution is -0.121. The molecule has 3 rings (SSSR count). The first kappa shape index (κ1) is 16.2. The topological polar surface area (TPSA) is 44.9 Å². The van der Waals surface area contributed by atoms with Crippen LogP contribution in [-0.4, -0.2) is 10.9 Å². The molecule has 0 saturated heterocycles. The van der Waals surface area contributed by atoms with Crippen molar-refractivity contribution in [3.8, 4) is 0 Å². The summed E-state index contributed by atoms with van der Waals surface area (Å²) in [5, 5.41) is 3.86. The van der Waals surface area contributed by atoms with Gasteiger partial charge in [-0.15, -0.1) is 0 Å². The molecule has 0 spiro atoms. The SMILES string of the molecule is C[C@H](NC(=O)CCc1c[nH]c2ccccc12)c1ccc(F)cc1F. The third-order valence-corrected chi connectivity index (χ3v) is 4.10. The van der Waals surface area contributed by atoms with Crippen LogP contribution < -0.4 is 5.32 Å². The van der Waals surface area contributed by atoms with Crippen LogP contribution in [0.25, 0.3) is 10.9 Å². The van der Waals surface area contributed by atoms with E-state index in [9.17, 15) is 13.6 Å². The molecular formula is C19H18F2N2O. The number of hydrogen-bond acceptors (Lipinski definition) is 1. The Hall–Kier alpha value is -2.69. The second-order valence-electron chi connectivity index (χ2n) is 5.81. The second-order valence-corrected chi connectivity index (χ2v) is 5.81. The molecule has 1 heterocycles. The number of nitrogens with one attached hydrogen (secondary N) is 2. The highest BCUT2D eigenvalue weighted by atomic mass is 19.1. The van der Waals surface area contributed by atoms with Gasteiger partial charge in [0, 0.05) is 35.2 Å². The Morgan fingerprint density at radius 3 is 2.79 bits per heavy atom. The van der Waals surface area contributed by atoms with E-state index < -0.39 is 17.7 Å². The molecule has 0 saturated carbocycles. The van der Waals surface area contributed by atoms with Crippen molar-refractivity contribution in [3.05, 3.63) is 71.4 Å². The van der Waals surface area contributed by atoms with Crippen LogP contribution >= 0.6 is 0 Å². The molecule has 24 heavy (non-hydrogen) atoms. The van der Waals surface area contributed by atoms with Crippen LogP contribution in [0.3, 0.4) is 0 Å². The fourth-order valence-corrected chi connectivity index (χ4v) is 2.83. The summed E-state index contributed by atoms with van der Waals surface area (Å²) < 4.78 is 26.7. The summed E-state index contributed by atoms with van der Waals surface area (Å²) in [4.78, 5) is 15.3. The number of rotatable bonds is 5. The Morgan fingerprint density at radius 1 is 1.21 bits per heavy atom. The Labute approximate surface area is 138 Å². The zero-order valence-electron chi connectivity index (χ0n) is 13.3. The van der Waals surface area contributed by atoms with Crippen LogP contribution in [0.4, 0.5) is 8.78 Å². The monoisotopic (exact) mass is 328 g/mol. The molecule has 3 nitrogen and oxygen atoms in total. The predicted molar refractivity (Wildman–Crippen MR) is 89.5 cm³/mol. The predicted octanol–water partition coefficient (Wildman–Crippen LogP) is 4.26. The number of fused-ring (bicyclic) bond motifs is 1. The van der Waals surface area contributed by atoms with Gasteiger partial charge < -0.3 is 10.3 Å². The number of benzene rings is 2. The molecule has 0 unspecified atom stereocenters. The third kappa shape index (κ3) is 3.45. The molecule has 0 bridgehead atoms. The van der Waals surface area contributed by atoms with E-state index in [1.165, 1.54) is 12.1 Å². The van der Waals surface area contributed by atoms with Crippen molar-refractivity contribution in [1.29, 1.82) is 0 Å². The lowest BCUT2D eigenvalue weighted by Crippen LogP contribution is -2.27. The van der Waals surface area contributed by atoms with Crippen molar-refractivity contribution in [3.63, 3.8) is 0 Å². The molecule has 0 radical (unpaired) electrons. The number of amides is 1. The number of hydrogen-bond donors (Lipinski definition) is 2. The summed E-state index contributed by atoms with van der Waals surface area (Å²) in [5.41, 5.74) is 2.38. The first-order chi connectivity index (χ1) is 11.5. The molecule has 1 atom stereocenters. The van der Waals surface area contributed by atoms with Gasteiger partial charge in [0.2, 0.25) is 5.91 Å². The van der Waals surface area contributed by atoms with Crippen LogP contribution in [0.15, 0.2) is 48.7 Å². The minimum Gasteiger partial charge on any atom is -0.361 e. The Bertz CT molecular complexity index is 873. The van der Waals surface area contributed by atoms with E-state index in [-0.39, 0.29) is 11.5 Å². The van der Waals surface area contributed by atoms with Crippen LogP contribution in [0, 0.1) is 11.6 Å². The molecular weight excluding hydrogens is 310 g/mol. The van der Waals surface area contributed by atoms with Crippen molar-refractivity contribution < 1.29 is 13.6 Å². The van der Waals surface area contributed by atoms with E-state index >= 15 is 0 Å². The van der Waals surface area contributed by atoms with Gasteiger partial charge in [-0.1, -0.05) is 24.3 Å². The average molecular weight is 328 g/mol. The third-order valence-electron chi connectivity index (χ3n) is 4.10. The second kappa shape index (κ2) is 6.83. The van der Waals surface area contributed by atoms with Crippen LogP contribution in [-0.2, 0) is 11.2 Å². The first-order valence-electron chi connectivity index (χ1n) is 7.84. The van der Waals surface area contributed by atoms with Crippen molar-refractivity contribution in [2.45, 2.75) is 25.8 Å². The number of aryl methyl sites for hydroxylation is 1. The van der Waals surface area contributed by atoms with Gasteiger partial charge in [-0.25, -0.2) is 8.78 Å². The van der Waals surface area contributed by atoms with Crippen molar-refractivity contribution in [1.82, 2.24) is 10.3 Å². The fourth-order valence-electron chi connectivity index (χ4n) is 2.83. The van der Waals surface area contributed by atoms with Gasteiger partial charge >= 0.3 is 0 Å². The molecule has 0 aliphatic rings. The summed E-state index contributed by atoms with van der Waals surface area (Å²) in [6.45, 7) is 1.68. The summed E-state index contributed by atoms with van der Waals surface area (Å²) in [5.74, 6) is -1.45. The van der Waals surface area contributed by atoms with Gasteiger partial charge in [0.05, 0.1) is 6.04 Å². The number of halogens is 2. The number of aromatic nitrogens is 1. The number of carbonyl (C=O) groups excluding carboxylic acids is 1. The van der Waals surface area contributed by atoms with Crippen molar-refractivity contribution in [2.24, 2.45) is 0 Å². The highest BCUT2D eigenvalue weighted by molar-refractivity contribution is 5.84. The lowest BCUT2D eigenvalue weighted by atomic mass is 10.1. The number of para-hydroxylation sites is 1. The molecule has 1 amide bonds. The minimum absolute atomic E-state index is 0.170. The molecule has 5 heteroatoms. The van der Waals surface area contributed by atoms with E-state index in [1.807, 2.05) is 30.5 Å². The van der Waals surface area contributed by atoms with Gasteiger partial charge in [0.25, 0.3) is 0 Å². The number of carbonyl (C=O) groups is 1. The van der Waals surface area contributed by atoms with E-state index in [0.717, 1.165) is 22.5 Å². The van der Waals surface area contributed by atoms with Crippen LogP contribution in [0.5, 0.6) is 0 Å². The molecule has 0 aliphatic carbocycles. The van der Waals surface area contributed by atoms with E-state index in [1.54, 1.807) is 6.92 Å². The van der Waals surface area contributed by atoms with Crippen molar-refractivity contribution >= 4 is 16.8 Å². The maximum Gasteiger partial charge on any atom is 0.220 e. The highest BCUT2D eigenvalue weighted by Crippen LogP contribution is 2.20. The Kier molecular flexibility index (Phi) is 4.60. The van der Waals surface area contributed by atoms with Gasteiger partial charge in [-0.2, -0.15) is 0 Å². The quantitative estimate of drug-likeness (QED) is 0.722. The van der Waals surface area contributed by atoms with Gasteiger partial charge in [0.1, 0.15) is 11.6 Å². The molecule has 3 aromatic rings.